The Balaban J connectivity index is 2.26. The van der Waals surface area contributed by atoms with Gasteiger partial charge in [-0.25, -0.2) is 0 Å². The van der Waals surface area contributed by atoms with E-state index in [4.69, 9.17) is 28.4 Å². The molecule has 0 unspecified atom stereocenters. The maximum Gasteiger partial charge on any atom is 0.303 e. The summed E-state index contributed by atoms with van der Waals surface area (Å²) in [5.74, 6) is -1.26. The van der Waals surface area contributed by atoms with Gasteiger partial charge in [-0.15, -0.1) is 0 Å². The number of carbonyl (C=O) groups is 3. The molecule has 1 aromatic carbocycles. The number of aliphatic hydroxyl groups excluding tert-OH is 1. The van der Waals surface area contributed by atoms with Crippen molar-refractivity contribution in [3.8, 4) is 5.75 Å². The molecule has 0 aromatic heterocycles. The van der Waals surface area contributed by atoms with Crippen LogP contribution >= 0.6 is 0 Å². The van der Waals surface area contributed by atoms with Crippen LogP contribution in [0.4, 0.5) is 0 Å². The van der Waals surface area contributed by atoms with Gasteiger partial charge in [-0.1, -0.05) is 12.1 Å². The lowest BCUT2D eigenvalue weighted by Crippen LogP contribution is -2.62. The van der Waals surface area contributed by atoms with Gasteiger partial charge in [0.1, 0.15) is 24.6 Å². The van der Waals surface area contributed by atoms with Gasteiger partial charge in [-0.2, -0.15) is 0 Å². The second kappa shape index (κ2) is 10.9. The highest BCUT2D eigenvalue weighted by molar-refractivity contribution is 5.67. The summed E-state index contributed by atoms with van der Waals surface area (Å²) >= 11 is 0. The first-order valence-corrected chi connectivity index (χ1v) is 9.27. The van der Waals surface area contributed by atoms with Crippen molar-refractivity contribution in [2.24, 2.45) is 0 Å². The zero-order chi connectivity index (χ0) is 22.3. The first-order valence-electron chi connectivity index (χ1n) is 9.27. The molecule has 30 heavy (non-hydrogen) atoms. The van der Waals surface area contributed by atoms with E-state index in [2.05, 4.69) is 0 Å². The molecular weight excluding hydrogens is 400 g/mol. The quantitative estimate of drug-likeness (QED) is 0.469. The van der Waals surface area contributed by atoms with E-state index in [0.717, 1.165) is 12.5 Å². The second-order valence-electron chi connectivity index (χ2n) is 6.64. The SMILES string of the molecule is COc1ccc(CO[C@H]2[C@H](OC(C)=O)[C@@H](OC(C)=O)[C@@H](O)O[C@@H]2COC(C)=O)cc1. The first kappa shape index (κ1) is 23.6. The molecule has 10 heteroatoms. The molecule has 1 fully saturated rings. The van der Waals surface area contributed by atoms with Gasteiger partial charge < -0.3 is 33.5 Å². The van der Waals surface area contributed by atoms with Crippen molar-refractivity contribution in [1.82, 2.24) is 0 Å². The topological polar surface area (TPSA) is 127 Å². The maximum absolute atomic E-state index is 11.7. The molecule has 0 saturated carbocycles. The Morgan fingerprint density at radius 3 is 2.07 bits per heavy atom. The van der Waals surface area contributed by atoms with Crippen molar-refractivity contribution in [3.05, 3.63) is 29.8 Å². The molecule has 1 aliphatic rings. The highest BCUT2D eigenvalue weighted by atomic mass is 16.7. The molecule has 0 bridgehead atoms. The van der Waals surface area contributed by atoms with Gasteiger partial charge in [0.2, 0.25) is 0 Å². The van der Waals surface area contributed by atoms with Crippen LogP contribution in [0.1, 0.15) is 26.3 Å². The predicted octanol–water partition coefficient (Wildman–Crippen LogP) is 0.724. The van der Waals surface area contributed by atoms with Gasteiger partial charge in [0, 0.05) is 20.8 Å². The number of carbonyl (C=O) groups excluding carboxylic acids is 3. The minimum absolute atomic E-state index is 0.0786. The molecule has 0 amide bonds. The third-order valence-corrected chi connectivity index (χ3v) is 4.27. The van der Waals surface area contributed by atoms with Crippen LogP contribution in [0.2, 0.25) is 0 Å². The van der Waals surface area contributed by atoms with Gasteiger partial charge >= 0.3 is 17.9 Å². The Bertz CT molecular complexity index is 732. The average Bonchev–Trinajstić information content (AvgIpc) is 2.68. The highest BCUT2D eigenvalue weighted by Crippen LogP contribution is 2.29. The summed E-state index contributed by atoms with van der Waals surface area (Å²) in [6.07, 6.45) is -6.09. The summed E-state index contributed by atoms with van der Waals surface area (Å²) in [7, 11) is 1.55. The minimum atomic E-state index is -1.61. The lowest BCUT2D eigenvalue weighted by atomic mass is 9.98. The molecule has 1 aromatic rings. The molecule has 166 valence electrons. The monoisotopic (exact) mass is 426 g/mol. The van der Waals surface area contributed by atoms with E-state index in [0.29, 0.717) is 5.75 Å². The molecule has 1 heterocycles. The zero-order valence-corrected chi connectivity index (χ0v) is 17.2. The molecule has 1 aliphatic heterocycles. The Morgan fingerprint density at radius 2 is 1.53 bits per heavy atom. The van der Waals surface area contributed by atoms with Gasteiger partial charge in [0.05, 0.1) is 13.7 Å². The number of hydrogen-bond donors (Lipinski definition) is 1. The lowest BCUT2D eigenvalue weighted by molar-refractivity contribution is -0.301. The predicted molar refractivity (Wildman–Crippen MR) is 100 cm³/mol. The zero-order valence-electron chi connectivity index (χ0n) is 17.2. The first-order chi connectivity index (χ1) is 14.2. The van der Waals surface area contributed by atoms with Crippen LogP contribution in [0.3, 0.4) is 0 Å². The van der Waals surface area contributed by atoms with E-state index in [1.165, 1.54) is 13.8 Å². The second-order valence-corrected chi connectivity index (χ2v) is 6.64. The van der Waals surface area contributed by atoms with Gasteiger partial charge in [-0.3, -0.25) is 14.4 Å². The van der Waals surface area contributed by atoms with Gasteiger partial charge in [0.25, 0.3) is 0 Å². The summed E-state index contributed by atoms with van der Waals surface area (Å²) in [6.45, 7) is 3.36. The van der Waals surface area contributed by atoms with E-state index in [9.17, 15) is 19.5 Å². The van der Waals surface area contributed by atoms with Crippen LogP contribution in [0.25, 0.3) is 0 Å². The standard InChI is InChI=1S/C20H26O10/c1-11(21)26-10-16-17(27-9-14-5-7-15(25-4)8-6-14)18(28-12(2)22)19(20(24)30-16)29-13(3)23/h5-8,16-20,24H,9-10H2,1-4H3/t16-,17-,18+,19-,20+/m1/s1. The fourth-order valence-electron chi connectivity index (χ4n) is 2.99. The van der Waals surface area contributed by atoms with E-state index in [1.807, 2.05) is 0 Å². The number of ether oxygens (including phenoxy) is 6. The number of benzene rings is 1. The highest BCUT2D eigenvalue weighted by Gasteiger charge is 2.50. The summed E-state index contributed by atoms with van der Waals surface area (Å²) in [6, 6.07) is 7.06. The molecule has 0 radical (unpaired) electrons. The van der Waals surface area contributed by atoms with E-state index >= 15 is 0 Å². The molecule has 5 atom stereocenters. The van der Waals surface area contributed by atoms with Crippen LogP contribution in [0.15, 0.2) is 24.3 Å². The smallest absolute Gasteiger partial charge is 0.303 e. The molecule has 1 N–H and O–H groups in total. The van der Waals surface area contributed by atoms with Gasteiger partial charge in [0.15, 0.2) is 18.5 Å². The lowest BCUT2D eigenvalue weighted by Gasteiger charge is -2.43. The van der Waals surface area contributed by atoms with Gasteiger partial charge in [-0.05, 0) is 17.7 Å². The van der Waals surface area contributed by atoms with Crippen LogP contribution in [0.5, 0.6) is 5.75 Å². The Kier molecular flexibility index (Phi) is 8.58. The van der Waals surface area contributed by atoms with Crippen LogP contribution in [-0.2, 0) is 44.7 Å². The average molecular weight is 426 g/mol. The van der Waals surface area contributed by atoms with Crippen molar-refractivity contribution in [2.45, 2.75) is 58.1 Å². The number of aliphatic hydroxyl groups is 1. The van der Waals surface area contributed by atoms with Crippen molar-refractivity contribution < 1.29 is 47.9 Å². The number of rotatable bonds is 8. The third-order valence-electron chi connectivity index (χ3n) is 4.27. The number of esters is 3. The van der Waals surface area contributed by atoms with Crippen LogP contribution in [-0.4, -0.2) is 67.4 Å². The van der Waals surface area contributed by atoms with Crippen molar-refractivity contribution >= 4 is 17.9 Å². The van der Waals surface area contributed by atoms with E-state index in [-0.39, 0.29) is 13.2 Å². The molecule has 0 spiro atoms. The van der Waals surface area contributed by atoms with E-state index in [1.54, 1.807) is 31.4 Å². The van der Waals surface area contributed by atoms with Crippen molar-refractivity contribution in [3.63, 3.8) is 0 Å². The molecule has 2 rings (SSSR count). The Hall–Kier alpha value is -2.69. The summed E-state index contributed by atoms with van der Waals surface area (Å²) in [4.78, 5) is 34.4. The maximum atomic E-state index is 11.7. The van der Waals surface area contributed by atoms with E-state index < -0.39 is 48.6 Å². The van der Waals surface area contributed by atoms with Crippen molar-refractivity contribution in [1.29, 1.82) is 0 Å². The van der Waals surface area contributed by atoms with Crippen LogP contribution < -0.4 is 4.74 Å². The largest absolute Gasteiger partial charge is 0.497 e. The molecular formula is C20H26O10. The van der Waals surface area contributed by atoms with Crippen molar-refractivity contribution in [2.75, 3.05) is 13.7 Å². The summed E-state index contributed by atoms with van der Waals surface area (Å²) in [5, 5.41) is 10.3. The fourth-order valence-corrected chi connectivity index (χ4v) is 2.99. The number of methoxy groups -OCH3 is 1. The van der Waals surface area contributed by atoms with Crippen LogP contribution in [0, 0.1) is 0 Å². The molecule has 10 nitrogen and oxygen atoms in total. The molecule has 0 aliphatic carbocycles. The third kappa shape index (κ3) is 6.68. The normalized spacial score (nSPS) is 25.8. The Labute approximate surface area is 173 Å². The number of hydrogen-bond acceptors (Lipinski definition) is 10. The summed E-state index contributed by atoms with van der Waals surface area (Å²) < 4.78 is 31.9. The minimum Gasteiger partial charge on any atom is -0.497 e. The fraction of sp³-hybridized carbons (Fsp3) is 0.550. The summed E-state index contributed by atoms with van der Waals surface area (Å²) in [5.41, 5.74) is 0.777. The Morgan fingerprint density at radius 1 is 0.933 bits per heavy atom. The molecule has 1 saturated heterocycles.